The average Bonchev–Trinajstić information content (AvgIpc) is 2.45. The summed E-state index contributed by atoms with van der Waals surface area (Å²) in [6.07, 6.45) is 3.03. The van der Waals surface area contributed by atoms with Crippen LogP contribution in [0.4, 0.5) is 5.95 Å². The first kappa shape index (κ1) is 15.0. The lowest BCUT2D eigenvalue weighted by atomic mass is 10.2. The standard InChI is InChI=1S/C15H20BrN3O/c1-3-5-9-19-14(20)12-10-11(16)6-7-13(12)18-15(19)17-8-4-2/h6-7,10H,3-5,8-9H2,1-2H3,(H,17,18). The lowest BCUT2D eigenvalue weighted by Gasteiger charge is -2.14. The van der Waals surface area contributed by atoms with E-state index in [9.17, 15) is 4.79 Å². The van der Waals surface area contributed by atoms with Gasteiger partial charge in [-0.3, -0.25) is 9.36 Å². The molecule has 0 unspecified atom stereocenters. The zero-order chi connectivity index (χ0) is 14.5. The molecule has 0 amide bonds. The Labute approximate surface area is 127 Å². The van der Waals surface area contributed by atoms with Crippen LogP contribution in [0.2, 0.25) is 0 Å². The van der Waals surface area contributed by atoms with Gasteiger partial charge in [-0.15, -0.1) is 0 Å². The van der Waals surface area contributed by atoms with Gasteiger partial charge in [0.2, 0.25) is 5.95 Å². The largest absolute Gasteiger partial charge is 0.356 e. The molecule has 4 nitrogen and oxygen atoms in total. The highest BCUT2D eigenvalue weighted by atomic mass is 79.9. The second-order valence-electron chi connectivity index (χ2n) is 4.83. The van der Waals surface area contributed by atoms with E-state index in [1.54, 1.807) is 4.57 Å². The number of halogens is 1. The van der Waals surface area contributed by atoms with Crippen molar-refractivity contribution in [2.24, 2.45) is 0 Å². The van der Waals surface area contributed by atoms with Gasteiger partial charge < -0.3 is 5.32 Å². The molecule has 0 aliphatic rings. The number of hydrogen-bond donors (Lipinski definition) is 1. The average molecular weight is 338 g/mol. The normalized spacial score (nSPS) is 10.9. The Bertz CT molecular complexity index is 651. The molecule has 20 heavy (non-hydrogen) atoms. The second-order valence-corrected chi connectivity index (χ2v) is 5.75. The summed E-state index contributed by atoms with van der Waals surface area (Å²) < 4.78 is 2.66. The fraction of sp³-hybridized carbons (Fsp3) is 0.467. The summed E-state index contributed by atoms with van der Waals surface area (Å²) in [6, 6.07) is 5.63. The first-order valence-corrected chi connectivity index (χ1v) is 7.90. The van der Waals surface area contributed by atoms with Crippen molar-refractivity contribution in [3.63, 3.8) is 0 Å². The Morgan fingerprint density at radius 2 is 2.10 bits per heavy atom. The fourth-order valence-electron chi connectivity index (χ4n) is 2.09. The van der Waals surface area contributed by atoms with Gasteiger partial charge in [-0.1, -0.05) is 36.2 Å². The number of fused-ring (bicyclic) bond motifs is 1. The van der Waals surface area contributed by atoms with E-state index in [1.807, 2.05) is 18.2 Å². The minimum Gasteiger partial charge on any atom is -0.356 e. The number of hydrogen-bond acceptors (Lipinski definition) is 3. The molecule has 1 aromatic heterocycles. The Morgan fingerprint density at radius 3 is 2.80 bits per heavy atom. The highest BCUT2D eigenvalue weighted by Crippen LogP contribution is 2.17. The van der Waals surface area contributed by atoms with Gasteiger partial charge in [-0.25, -0.2) is 4.98 Å². The molecule has 0 radical (unpaired) electrons. The van der Waals surface area contributed by atoms with Crippen LogP contribution in [0, 0.1) is 0 Å². The Kier molecular flexibility index (Phi) is 5.17. The number of benzene rings is 1. The van der Waals surface area contributed by atoms with Crippen LogP contribution in [0.5, 0.6) is 0 Å². The molecule has 0 aliphatic carbocycles. The zero-order valence-corrected chi connectivity index (χ0v) is 13.5. The van der Waals surface area contributed by atoms with Crippen LogP contribution >= 0.6 is 15.9 Å². The molecule has 0 saturated carbocycles. The highest BCUT2D eigenvalue weighted by Gasteiger charge is 2.10. The molecule has 0 aliphatic heterocycles. The van der Waals surface area contributed by atoms with E-state index in [4.69, 9.17) is 0 Å². The smallest absolute Gasteiger partial charge is 0.262 e. The molecule has 1 heterocycles. The van der Waals surface area contributed by atoms with Crippen LogP contribution in [0.25, 0.3) is 10.9 Å². The number of nitrogens with zero attached hydrogens (tertiary/aromatic N) is 2. The molecule has 0 saturated heterocycles. The SMILES string of the molecule is CCCCn1c(NCCC)nc2ccc(Br)cc2c1=O. The van der Waals surface area contributed by atoms with Gasteiger partial charge in [-0.2, -0.15) is 0 Å². The Balaban J connectivity index is 2.56. The quantitative estimate of drug-likeness (QED) is 0.872. The van der Waals surface area contributed by atoms with Crippen molar-refractivity contribution in [3.05, 3.63) is 33.0 Å². The van der Waals surface area contributed by atoms with Gasteiger partial charge in [0.05, 0.1) is 10.9 Å². The van der Waals surface area contributed by atoms with Gasteiger partial charge in [0.1, 0.15) is 0 Å². The van der Waals surface area contributed by atoms with Gasteiger partial charge >= 0.3 is 0 Å². The van der Waals surface area contributed by atoms with Crippen molar-refractivity contribution in [1.29, 1.82) is 0 Å². The molecule has 5 heteroatoms. The maximum Gasteiger partial charge on any atom is 0.262 e. The van der Waals surface area contributed by atoms with E-state index < -0.39 is 0 Å². The molecule has 0 fully saturated rings. The minimum atomic E-state index is 0.0309. The van der Waals surface area contributed by atoms with Crippen LogP contribution in [0.1, 0.15) is 33.1 Å². The summed E-state index contributed by atoms with van der Waals surface area (Å²) in [6.45, 7) is 5.74. The van der Waals surface area contributed by atoms with E-state index in [1.165, 1.54) is 0 Å². The van der Waals surface area contributed by atoms with Crippen LogP contribution in [-0.4, -0.2) is 16.1 Å². The van der Waals surface area contributed by atoms with E-state index >= 15 is 0 Å². The molecule has 0 spiro atoms. The summed E-state index contributed by atoms with van der Waals surface area (Å²) >= 11 is 3.41. The first-order valence-electron chi connectivity index (χ1n) is 7.11. The van der Waals surface area contributed by atoms with E-state index in [0.717, 1.165) is 35.8 Å². The summed E-state index contributed by atoms with van der Waals surface area (Å²) in [5, 5.41) is 3.92. The Hall–Kier alpha value is -1.36. The van der Waals surface area contributed by atoms with Gasteiger partial charge in [-0.05, 0) is 31.0 Å². The number of aromatic nitrogens is 2. The number of unbranched alkanes of at least 4 members (excludes halogenated alkanes) is 1. The van der Waals surface area contributed by atoms with Gasteiger partial charge in [0.25, 0.3) is 5.56 Å². The van der Waals surface area contributed by atoms with Crippen LogP contribution in [0.3, 0.4) is 0 Å². The molecule has 2 aromatic rings. The first-order chi connectivity index (χ1) is 9.67. The van der Waals surface area contributed by atoms with Crippen molar-refractivity contribution in [2.45, 2.75) is 39.7 Å². The van der Waals surface area contributed by atoms with E-state index in [0.29, 0.717) is 17.9 Å². The van der Waals surface area contributed by atoms with Gasteiger partial charge in [0.15, 0.2) is 0 Å². The van der Waals surface area contributed by atoms with Crippen molar-refractivity contribution >= 4 is 32.8 Å². The summed E-state index contributed by atoms with van der Waals surface area (Å²) in [7, 11) is 0. The number of nitrogens with one attached hydrogen (secondary N) is 1. The second kappa shape index (κ2) is 6.88. The topological polar surface area (TPSA) is 46.9 Å². The van der Waals surface area contributed by atoms with Crippen LogP contribution in [-0.2, 0) is 6.54 Å². The summed E-state index contributed by atoms with van der Waals surface area (Å²) in [4.78, 5) is 17.2. The molecular formula is C15H20BrN3O. The minimum absolute atomic E-state index is 0.0309. The molecule has 0 atom stereocenters. The fourth-order valence-corrected chi connectivity index (χ4v) is 2.45. The molecule has 1 aromatic carbocycles. The maximum absolute atomic E-state index is 12.6. The molecular weight excluding hydrogens is 318 g/mol. The molecule has 108 valence electrons. The number of rotatable bonds is 6. The van der Waals surface area contributed by atoms with Crippen LogP contribution < -0.4 is 10.9 Å². The molecule has 1 N–H and O–H groups in total. The lowest BCUT2D eigenvalue weighted by molar-refractivity contribution is 0.613. The van der Waals surface area contributed by atoms with Crippen molar-refractivity contribution in [3.8, 4) is 0 Å². The van der Waals surface area contributed by atoms with E-state index in [2.05, 4.69) is 40.1 Å². The maximum atomic E-state index is 12.6. The third-order valence-corrected chi connectivity index (χ3v) is 3.68. The van der Waals surface area contributed by atoms with E-state index in [-0.39, 0.29) is 5.56 Å². The number of anilines is 1. The molecule has 0 bridgehead atoms. The third-order valence-electron chi connectivity index (χ3n) is 3.18. The van der Waals surface area contributed by atoms with Crippen molar-refractivity contribution in [1.82, 2.24) is 9.55 Å². The van der Waals surface area contributed by atoms with Gasteiger partial charge in [0, 0.05) is 17.6 Å². The molecule has 2 rings (SSSR count). The monoisotopic (exact) mass is 337 g/mol. The Morgan fingerprint density at radius 1 is 1.30 bits per heavy atom. The predicted octanol–water partition coefficient (Wildman–Crippen LogP) is 3.78. The lowest BCUT2D eigenvalue weighted by Crippen LogP contribution is -2.25. The van der Waals surface area contributed by atoms with Crippen molar-refractivity contribution < 1.29 is 0 Å². The zero-order valence-electron chi connectivity index (χ0n) is 11.9. The van der Waals surface area contributed by atoms with Crippen molar-refractivity contribution in [2.75, 3.05) is 11.9 Å². The summed E-state index contributed by atoms with van der Waals surface area (Å²) in [5.41, 5.74) is 0.771. The predicted molar refractivity (Wildman–Crippen MR) is 87.4 cm³/mol. The third kappa shape index (κ3) is 3.20. The van der Waals surface area contributed by atoms with Crippen LogP contribution in [0.15, 0.2) is 27.5 Å². The highest BCUT2D eigenvalue weighted by molar-refractivity contribution is 9.10. The summed E-state index contributed by atoms with van der Waals surface area (Å²) in [5.74, 6) is 0.681.